The number of ether oxygens (including phenoxy) is 1. The molecule has 0 radical (unpaired) electrons. The van der Waals surface area contributed by atoms with Gasteiger partial charge in [-0.15, -0.1) is 0 Å². The molecular weight excluding hydrogens is 162 g/mol. The predicted molar refractivity (Wildman–Crippen MR) is 54.6 cm³/mol. The number of benzene rings is 1. The van der Waals surface area contributed by atoms with Crippen molar-refractivity contribution in [2.45, 2.75) is 12.8 Å². The Morgan fingerprint density at radius 1 is 1.38 bits per heavy atom. The Morgan fingerprint density at radius 3 is 3.00 bits per heavy atom. The van der Waals surface area contributed by atoms with Gasteiger partial charge in [-0.25, -0.2) is 0 Å². The summed E-state index contributed by atoms with van der Waals surface area (Å²) in [6.45, 7) is 1.15. The zero-order valence-electron chi connectivity index (χ0n) is 8.21. The second-order valence-corrected chi connectivity index (χ2v) is 3.52. The van der Waals surface area contributed by atoms with Gasteiger partial charge in [0.1, 0.15) is 5.75 Å². The highest BCUT2D eigenvalue weighted by Crippen LogP contribution is 2.29. The lowest BCUT2D eigenvalue weighted by Crippen LogP contribution is -2.24. The van der Waals surface area contributed by atoms with E-state index in [0.29, 0.717) is 0 Å². The summed E-state index contributed by atoms with van der Waals surface area (Å²) < 4.78 is 5.20. The third-order valence-corrected chi connectivity index (χ3v) is 2.64. The maximum absolute atomic E-state index is 5.20. The van der Waals surface area contributed by atoms with Crippen molar-refractivity contribution in [3.05, 3.63) is 23.8 Å². The van der Waals surface area contributed by atoms with Crippen LogP contribution in [-0.4, -0.2) is 20.7 Å². The highest BCUT2D eigenvalue weighted by Gasteiger charge is 2.13. The average molecular weight is 177 g/mol. The average Bonchev–Trinajstić information content (AvgIpc) is 2.18. The van der Waals surface area contributed by atoms with Gasteiger partial charge in [-0.2, -0.15) is 0 Å². The highest BCUT2D eigenvalue weighted by atomic mass is 16.5. The Balaban J connectivity index is 2.41. The molecule has 0 aromatic heterocycles. The van der Waals surface area contributed by atoms with Crippen LogP contribution in [0.4, 0.5) is 5.69 Å². The van der Waals surface area contributed by atoms with Crippen LogP contribution < -0.4 is 9.64 Å². The molecule has 13 heavy (non-hydrogen) atoms. The molecule has 0 saturated carbocycles. The molecule has 2 rings (SSSR count). The van der Waals surface area contributed by atoms with Crippen molar-refractivity contribution in [3.63, 3.8) is 0 Å². The first kappa shape index (κ1) is 8.42. The number of fused-ring (bicyclic) bond motifs is 1. The van der Waals surface area contributed by atoms with E-state index in [9.17, 15) is 0 Å². The Hall–Kier alpha value is -1.18. The molecular formula is C11H15NO. The van der Waals surface area contributed by atoms with Crippen LogP contribution in [0.2, 0.25) is 0 Å². The van der Waals surface area contributed by atoms with Crippen molar-refractivity contribution in [1.29, 1.82) is 0 Å². The van der Waals surface area contributed by atoms with Crippen LogP contribution in [0.5, 0.6) is 5.75 Å². The maximum Gasteiger partial charge on any atom is 0.120 e. The molecule has 1 aliphatic heterocycles. The number of aryl methyl sites for hydroxylation is 1. The maximum atomic E-state index is 5.20. The summed E-state index contributed by atoms with van der Waals surface area (Å²) in [4.78, 5) is 2.29. The third-order valence-electron chi connectivity index (χ3n) is 2.64. The number of hydrogen-bond donors (Lipinski definition) is 0. The predicted octanol–water partition coefficient (Wildman–Crippen LogP) is 2.08. The van der Waals surface area contributed by atoms with Crippen LogP contribution in [-0.2, 0) is 6.42 Å². The standard InChI is InChI=1S/C11H15NO/c1-12-7-3-4-9-5-6-10(13-2)8-11(9)12/h5-6,8H,3-4,7H2,1-2H3. The quantitative estimate of drug-likeness (QED) is 0.651. The van der Waals surface area contributed by atoms with Gasteiger partial charge in [-0.1, -0.05) is 6.07 Å². The third kappa shape index (κ3) is 1.48. The number of anilines is 1. The number of methoxy groups -OCH3 is 1. The Kier molecular flexibility index (Phi) is 2.13. The van der Waals surface area contributed by atoms with Crippen LogP contribution in [0.15, 0.2) is 18.2 Å². The Morgan fingerprint density at radius 2 is 2.23 bits per heavy atom. The molecule has 0 fully saturated rings. The molecule has 1 heterocycles. The van der Waals surface area contributed by atoms with Gasteiger partial charge in [-0.05, 0) is 24.5 Å². The lowest BCUT2D eigenvalue weighted by atomic mass is 10.0. The highest BCUT2D eigenvalue weighted by molar-refractivity contribution is 5.58. The minimum absolute atomic E-state index is 0.951. The Labute approximate surface area is 79.1 Å². The molecule has 0 spiro atoms. The smallest absolute Gasteiger partial charge is 0.120 e. The zero-order chi connectivity index (χ0) is 9.26. The zero-order valence-corrected chi connectivity index (χ0v) is 8.21. The van der Waals surface area contributed by atoms with E-state index in [1.54, 1.807) is 7.11 Å². The van der Waals surface area contributed by atoms with Gasteiger partial charge in [0.2, 0.25) is 0 Å². The minimum atomic E-state index is 0.951. The van der Waals surface area contributed by atoms with Gasteiger partial charge in [0.15, 0.2) is 0 Å². The lowest BCUT2D eigenvalue weighted by Gasteiger charge is -2.27. The van der Waals surface area contributed by atoms with Gasteiger partial charge in [0.05, 0.1) is 7.11 Å². The summed E-state index contributed by atoms with van der Waals surface area (Å²) in [6, 6.07) is 6.33. The van der Waals surface area contributed by atoms with Crippen molar-refractivity contribution in [3.8, 4) is 5.75 Å². The molecule has 1 aromatic rings. The number of rotatable bonds is 1. The van der Waals surface area contributed by atoms with Crippen LogP contribution in [0.25, 0.3) is 0 Å². The Bertz CT molecular complexity index is 309. The molecule has 0 unspecified atom stereocenters. The van der Waals surface area contributed by atoms with E-state index in [4.69, 9.17) is 4.74 Å². The lowest BCUT2D eigenvalue weighted by molar-refractivity contribution is 0.414. The molecule has 0 saturated heterocycles. The first-order valence-electron chi connectivity index (χ1n) is 4.69. The van der Waals surface area contributed by atoms with Gasteiger partial charge >= 0.3 is 0 Å². The summed E-state index contributed by atoms with van der Waals surface area (Å²) >= 11 is 0. The topological polar surface area (TPSA) is 12.5 Å². The molecule has 70 valence electrons. The van der Waals surface area contributed by atoms with E-state index in [1.807, 2.05) is 6.07 Å². The van der Waals surface area contributed by atoms with E-state index in [1.165, 1.54) is 24.1 Å². The van der Waals surface area contributed by atoms with Gasteiger partial charge in [-0.3, -0.25) is 0 Å². The van der Waals surface area contributed by atoms with Crippen molar-refractivity contribution in [1.82, 2.24) is 0 Å². The van der Waals surface area contributed by atoms with Crippen LogP contribution >= 0.6 is 0 Å². The largest absolute Gasteiger partial charge is 0.497 e. The first-order valence-corrected chi connectivity index (χ1v) is 4.69. The molecule has 2 nitrogen and oxygen atoms in total. The number of nitrogens with zero attached hydrogens (tertiary/aromatic N) is 1. The molecule has 0 aliphatic carbocycles. The molecule has 0 bridgehead atoms. The van der Waals surface area contributed by atoms with E-state index in [0.717, 1.165) is 12.3 Å². The summed E-state index contributed by atoms with van der Waals surface area (Å²) in [7, 11) is 3.85. The molecule has 2 heteroatoms. The van der Waals surface area contributed by atoms with E-state index >= 15 is 0 Å². The second kappa shape index (κ2) is 3.29. The minimum Gasteiger partial charge on any atom is -0.497 e. The van der Waals surface area contributed by atoms with E-state index in [2.05, 4.69) is 24.1 Å². The molecule has 1 aromatic carbocycles. The van der Waals surface area contributed by atoms with Gasteiger partial charge < -0.3 is 9.64 Å². The normalized spacial score (nSPS) is 15.4. The van der Waals surface area contributed by atoms with Crippen molar-refractivity contribution in [2.75, 3.05) is 25.6 Å². The van der Waals surface area contributed by atoms with Crippen LogP contribution in [0, 0.1) is 0 Å². The summed E-state index contributed by atoms with van der Waals surface area (Å²) in [5.74, 6) is 0.951. The fourth-order valence-electron chi connectivity index (χ4n) is 1.86. The fraction of sp³-hybridized carbons (Fsp3) is 0.455. The van der Waals surface area contributed by atoms with Crippen molar-refractivity contribution >= 4 is 5.69 Å². The molecule has 1 aliphatic rings. The number of hydrogen-bond acceptors (Lipinski definition) is 2. The molecule has 0 amide bonds. The van der Waals surface area contributed by atoms with Crippen molar-refractivity contribution in [2.24, 2.45) is 0 Å². The van der Waals surface area contributed by atoms with Crippen LogP contribution in [0.3, 0.4) is 0 Å². The van der Waals surface area contributed by atoms with Gasteiger partial charge in [0.25, 0.3) is 0 Å². The summed E-state index contributed by atoms with van der Waals surface area (Å²) in [5.41, 5.74) is 2.76. The second-order valence-electron chi connectivity index (χ2n) is 3.52. The first-order chi connectivity index (χ1) is 6.31. The SMILES string of the molecule is COc1ccc2c(c1)N(C)CCC2. The molecule has 0 N–H and O–H groups in total. The van der Waals surface area contributed by atoms with Crippen molar-refractivity contribution < 1.29 is 4.74 Å². The monoisotopic (exact) mass is 177 g/mol. The summed E-state index contributed by atoms with van der Waals surface area (Å²) in [6.07, 6.45) is 2.46. The molecule has 0 atom stereocenters. The summed E-state index contributed by atoms with van der Waals surface area (Å²) in [5, 5.41) is 0. The van der Waals surface area contributed by atoms with Gasteiger partial charge in [0, 0.05) is 25.3 Å². The fourth-order valence-corrected chi connectivity index (χ4v) is 1.86. The van der Waals surface area contributed by atoms with E-state index in [-0.39, 0.29) is 0 Å². The van der Waals surface area contributed by atoms with Crippen LogP contribution in [0.1, 0.15) is 12.0 Å². The van der Waals surface area contributed by atoms with E-state index < -0.39 is 0 Å².